The molecule has 2 rings (SSSR count). The van der Waals surface area contributed by atoms with Gasteiger partial charge in [0.1, 0.15) is 0 Å². The summed E-state index contributed by atoms with van der Waals surface area (Å²) in [6.07, 6.45) is 8.96. The number of aryl methyl sites for hydroxylation is 1. The molecule has 0 aliphatic heterocycles. The molecule has 0 amide bonds. The van der Waals surface area contributed by atoms with Gasteiger partial charge >= 0.3 is 0 Å². The third kappa shape index (κ3) is 2.17. The van der Waals surface area contributed by atoms with Gasteiger partial charge in [0.05, 0.1) is 0 Å². The second kappa shape index (κ2) is 4.52. The van der Waals surface area contributed by atoms with Crippen molar-refractivity contribution in [3.63, 3.8) is 0 Å². The summed E-state index contributed by atoms with van der Waals surface area (Å²) in [6.45, 7) is 4.44. The zero-order chi connectivity index (χ0) is 10.8. The summed E-state index contributed by atoms with van der Waals surface area (Å²) >= 11 is 5.33. The molecular formula is C12H20N2S. The van der Waals surface area contributed by atoms with Gasteiger partial charge in [-0.15, -0.1) is 0 Å². The maximum Gasteiger partial charge on any atom is 0.177 e. The van der Waals surface area contributed by atoms with Crippen molar-refractivity contribution >= 4 is 12.2 Å². The number of aromatic amines is 1. The highest BCUT2D eigenvalue weighted by Crippen LogP contribution is 2.33. The summed E-state index contributed by atoms with van der Waals surface area (Å²) in [4.78, 5) is 3.13. The summed E-state index contributed by atoms with van der Waals surface area (Å²) in [5, 5.41) is 0. The Morgan fingerprint density at radius 3 is 2.60 bits per heavy atom. The van der Waals surface area contributed by atoms with Gasteiger partial charge < -0.3 is 9.55 Å². The molecule has 1 aliphatic carbocycles. The van der Waals surface area contributed by atoms with Crippen molar-refractivity contribution in [1.82, 2.24) is 9.55 Å². The van der Waals surface area contributed by atoms with E-state index in [0.29, 0.717) is 6.04 Å². The summed E-state index contributed by atoms with van der Waals surface area (Å²) in [5.41, 5.74) is 1.26. The molecule has 0 radical (unpaired) electrons. The number of aromatic nitrogens is 2. The molecule has 0 spiro atoms. The average molecular weight is 224 g/mol. The van der Waals surface area contributed by atoms with Gasteiger partial charge in [-0.1, -0.05) is 19.3 Å². The Labute approximate surface area is 96.7 Å². The quantitative estimate of drug-likeness (QED) is 0.753. The summed E-state index contributed by atoms with van der Waals surface area (Å²) in [6, 6.07) is 0.559. The fourth-order valence-corrected chi connectivity index (χ4v) is 3.17. The minimum Gasteiger partial charge on any atom is -0.337 e. The number of H-pyrrole nitrogens is 1. The molecule has 0 aromatic carbocycles. The molecule has 0 saturated heterocycles. The third-order valence-electron chi connectivity index (χ3n) is 3.74. The molecule has 1 aliphatic rings. The van der Waals surface area contributed by atoms with Crippen LogP contribution in [0, 0.1) is 17.6 Å². The van der Waals surface area contributed by atoms with Crippen LogP contribution in [0.15, 0.2) is 6.20 Å². The van der Waals surface area contributed by atoms with Crippen LogP contribution in [-0.4, -0.2) is 9.55 Å². The second-order valence-electron chi connectivity index (χ2n) is 4.74. The number of rotatable bonds is 2. The zero-order valence-electron chi connectivity index (χ0n) is 9.62. The van der Waals surface area contributed by atoms with E-state index in [1.807, 2.05) is 6.20 Å². The van der Waals surface area contributed by atoms with Crippen LogP contribution in [0.3, 0.4) is 0 Å². The second-order valence-corrected chi connectivity index (χ2v) is 5.13. The lowest BCUT2D eigenvalue weighted by atomic mass is 9.84. The van der Waals surface area contributed by atoms with Crippen LogP contribution in [0.1, 0.15) is 50.8 Å². The Morgan fingerprint density at radius 2 is 2.07 bits per heavy atom. The van der Waals surface area contributed by atoms with Crippen LogP contribution in [0.4, 0.5) is 0 Å². The molecule has 1 aromatic rings. The van der Waals surface area contributed by atoms with Crippen molar-refractivity contribution in [2.75, 3.05) is 0 Å². The predicted octanol–water partition coefficient (Wildman–Crippen LogP) is 4.00. The fraction of sp³-hybridized carbons (Fsp3) is 0.750. The van der Waals surface area contributed by atoms with E-state index >= 15 is 0 Å². The van der Waals surface area contributed by atoms with Gasteiger partial charge in [0.15, 0.2) is 4.77 Å². The van der Waals surface area contributed by atoms with Gasteiger partial charge in [0, 0.05) is 17.9 Å². The van der Waals surface area contributed by atoms with Crippen molar-refractivity contribution < 1.29 is 0 Å². The molecule has 1 heterocycles. The van der Waals surface area contributed by atoms with Gasteiger partial charge in [-0.3, -0.25) is 0 Å². The van der Waals surface area contributed by atoms with Gasteiger partial charge in [-0.25, -0.2) is 0 Å². The lowest BCUT2D eigenvalue weighted by molar-refractivity contribution is 0.260. The zero-order valence-corrected chi connectivity index (χ0v) is 10.4. The lowest BCUT2D eigenvalue weighted by Gasteiger charge is -2.29. The normalized spacial score (nSPS) is 20.4. The Kier molecular flexibility index (Phi) is 3.29. The monoisotopic (exact) mass is 224 g/mol. The third-order valence-corrected chi connectivity index (χ3v) is 4.06. The van der Waals surface area contributed by atoms with Gasteiger partial charge in [-0.05, 0) is 44.8 Å². The van der Waals surface area contributed by atoms with Crippen molar-refractivity contribution in [1.29, 1.82) is 0 Å². The minimum absolute atomic E-state index is 0.559. The molecule has 3 heteroatoms. The van der Waals surface area contributed by atoms with Crippen LogP contribution in [0.2, 0.25) is 0 Å². The lowest BCUT2D eigenvalue weighted by Crippen LogP contribution is -2.20. The van der Waals surface area contributed by atoms with Crippen LogP contribution in [0.25, 0.3) is 0 Å². The Hall–Kier alpha value is -0.570. The smallest absolute Gasteiger partial charge is 0.177 e. The van der Waals surface area contributed by atoms with Crippen molar-refractivity contribution in [2.45, 2.75) is 52.0 Å². The molecule has 1 saturated carbocycles. The molecule has 2 nitrogen and oxygen atoms in total. The van der Waals surface area contributed by atoms with Crippen molar-refractivity contribution in [3.8, 4) is 0 Å². The van der Waals surface area contributed by atoms with Gasteiger partial charge in [0.25, 0.3) is 0 Å². The minimum atomic E-state index is 0.559. The number of nitrogens with zero attached hydrogens (tertiary/aromatic N) is 1. The predicted molar refractivity (Wildman–Crippen MR) is 65.6 cm³/mol. The SMILES string of the molecule is Cc1c[nH]c(=S)n1C(C)C1CCCCC1. The molecule has 1 unspecified atom stereocenters. The van der Waals surface area contributed by atoms with Crippen molar-refractivity contribution in [2.24, 2.45) is 5.92 Å². The number of hydrogen-bond donors (Lipinski definition) is 1. The van der Waals surface area contributed by atoms with Crippen LogP contribution in [0.5, 0.6) is 0 Å². The fourth-order valence-electron chi connectivity index (χ4n) is 2.80. The summed E-state index contributed by atoms with van der Waals surface area (Å²) < 4.78 is 3.16. The summed E-state index contributed by atoms with van der Waals surface area (Å²) in [5.74, 6) is 0.819. The van der Waals surface area contributed by atoms with E-state index in [-0.39, 0.29) is 0 Å². The highest BCUT2D eigenvalue weighted by Gasteiger charge is 2.22. The molecular weight excluding hydrogens is 204 g/mol. The first-order chi connectivity index (χ1) is 7.20. The van der Waals surface area contributed by atoms with E-state index in [2.05, 4.69) is 23.4 Å². The van der Waals surface area contributed by atoms with E-state index in [0.717, 1.165) is 10.7 Å². The van der Waals surface area contributed by atoms with Crippen LogP contribution >= 0.6 is 12.2 Å². The molecule has 84 valence electrons. The largest absolute Gasteiger partial charge is 0.337 e. The highest BCUT2D eigenvalue weighted by atomic mass is 32.1. The molecule has 0 bridgehead atoms. The molecule has 1 aromatic heterocycles. The number of imidazole rings is 1. The molecule has 1 atom stereocenters. The van der Waals surface area contributed by atoms with Crippen LogP contribution < -0.4 is 0 Å². The Bertz CT molecular complexity index is 371. The first-order valence-electron chi connectivity index (χ1n) is 5.96. The van der Waals surface area contributed by atoms with Crippen LogP contribution in [-0.2, 0) is 0 Å². The molecule has 1 fully saturated rings. The average Bonchev–Trinajstić information content (AvgIpc) is 2.59. The van der Waals surface area contributed by atoms with Gasteiger partial charge in [-0.2, -0.15) is 0 Å². The first kappa shape index (κ1) is 10.9. The molecule has 15 heavy (non-hydrogen) atoms. The molecule has 1 N–H and O–H groups in total. The number of nitrogens with one attached hydrogen (secondary N) is 1. The number of hydrogen-bond acceptors (Lipinski definition) is 1. The Balaban J connectivity index is 2.19. The maximum absolute atomic E-state index is 5.33. The van der Waals surface area contributed by atoms with E-state index < -0.39 is 0 Å². The van der Waals surface area contributed by atoms with E-state index in [9.17, 15) is 0 Å². The maximum atomic E-state index is 5.33. The standard InChI is InChI=1S/C12H20N2S/c1-9-8-13-12(15)14(9)10(2)11-6-4-3-5-7-11/h8,10-11H,3-7H2,1-2H3,(H,13,15). The van der Waals surface area contributed by atoms with E-state index in [1.54, 1.807) is 0 Å². The van der Waals surface area contributed by atoms with E-state index in [1.165, 1.54) is 37.8 Å². The summed E-state index contributed by atoms with van der Waals surface area (Å²) in [7, 11) is 0. The highest BCUT2D eigenvalue weighted by molar-refractivity contribution is 7.71. The Morgan fingerprint density at radius 1 is 1.40 bits per heavy atom. The van der Waals surface area contributed by atoms with Gasteiger partial charge in [0.2, 0.25) is 0 Å². The van der Waals surface area contributed by atoms with E-state index in [4.69, 9.17) is 12.2 Å². The van der Waals surface area contributed by atoms with Crippen molar-refractivity contribution in [3.05, 3.63) is 16.7 Å². The topological polar surface area (TPSA) is 20.7 Å². The first-order valence-corrected chi connectivity index (χ1v) is 6.37.